The topological polar surface area (TPSA) is 117 Å². The van der Waals surface area contributed by atoms with E-state index in [1.165, 1.54) is 5.56 Å². The van der Waals surface area contributed by atoms with Crippen LogP contribution < -0.4 is 10.1 Å². The van der Waals surface area contributed by atoms with Crippen LogP contribution in [-0.4, -0.2) is 30.4 Å². The second-order valence-corrected chi connectivity index (χ2v) is 12.2. The highest BCUT2D eigenvalue weighted by atomic mass is 35.5. The van der Waals surface area contributed by atoms with E-state index in [4.69, 9.17) is 16.3 Å². The number of ether oxygens (including phenoxy) is 1. The van der Waals surface area contributed by atoms with Gasteiger partial charge in [0.05, 0.1) is 34.4 Å². The maximum atomic E-state index is 13.3. The van der Waals surface area contributed by atoms with E-state index in [0.29, 0.717) is 29.6 Å². The van der Waals surface area contributed by atoms with E-state index in [-0.39, 0.29) is 34.4 Å². The molecule has 10 nitrogen and oxygen atoms in total. The second-order valence-electron chi connectivity index (χ2n) is 11.8. The maximum absolute atomic E-state index is 13.3. The summed E-state index contributed by atoms with van der Waals surface area (Å²) in [5.74, 6) is 1.40. The summed E-state index contributed by atoms with van der Waals surface area (Å²) in [5, 5.41) is 23.4. The van der Waals surface area contributed by atoms with Crippen LogP contribution >= 0.6 is 11.6 Å². The van der Waals surface area contributed by atoms with E-state index in [1.807, 2.05) is 35.9 Å². The molecule has 4 fully saturated rings. The molecule has 0 aliphatic heterocycles. The van der Waals surface area contributed by atoms with Crippen molar-refractivity contribution in [2.45, 2.75) is 77.5 Å². The van der Waals surface area contributed by atoms with Crippen molar-refractivity contribution in [2.75, 3.05) is 5.32 Å². The number of carbonyl (C=O) groups excluding carboxylic acids is 1. The summed E-state index contributed by atoms with van der Waals surface area (Å²) in [6.45, 7) is 4.16. The number of aromatic nitrogens is 4. The van der Waals surface area contributed by atoms with Crippen LogP contribution in [0.2, 0.25) is 5.02 Å². The lowest BCUT2D eigenvalue weighted by atomic mass is 9.46. The van der Waals surface area contributed by atoms with Crippen molar-refractivity contribution >= 4 is 29.0 Å². The third kappa shape index (κ3) is 4.79. The van der Waals surface area contributed by atoms with Crippen LogP contribution in [0.1, 0.15) is 63.1 Å². The molecule has 2 aromatic heterocycles. The summed E-state index contributed by atoms with van der Waals surface area (Å²) >= 11 is 6.32. The maximum Gasteiger partial charge on any atom is 0.408 e. The highest BCUT2D eigenvalue weighted by Crippen LogP contribution is 2.65. The van der Waals surface area contributed by atoms with Crippen LogP contribution in [0.5, 0.6) is 5.75 Å². The molecule has 2 atom stereocenters. The third-order valence-electron chi connectivity index (χ3n) is 8.95. The van der Waals surface area contributed by atoms with Crippen LogP contribution in [0.25, 0.3) is 0 Å². The van der Waals surface area contributed by atoms with Crippen molar-refractivity contribution < 1.29 is 14.5 Å². The van der Waals surface area contributed by atoms with Gasteiger partial charge in [0.1, 0.15) is 5.75 Å². The van der Waals surface area contributed by atoms with Gasteiger partial charge >= 0.3 is 5.82 Å². The second kappa shape index (κ2) is 9.66. The lowest BCUT2D eigenvalue weighted by Gasteiger charge is -2.61. The van der Waals surface area contributed by atoms with E-state index in [1.54, 1.807) is 17.1 Å². The molecule has 3 aromatic rings. The van der Waals surface area contributed by atoms with Crippen molar-refractivity contribution in [1.82, 2.24) is 19.6 Å². The number of aryl methyl sites for hydroxylation is 1. The summed E-state index contributed by atoms with van der Waals surface area (Å²) in [6.07, 6.45) is 10.6. The Morgan fingerprint density at radius 2 is 1.95 bits per heavy atom. The monoisotopic (exact) mass is 552 g/mol. The van der Waals surface area contributed by atoms with E-state index < -0.39 is 4.92 Å². The zero-order valence-electron chi connectivity index (χ0n) is 22.2. The van der Waals surface area contributed by atoms with Gasteiger partial charge in [0.2, 0.25) is 5.91 Å². The number of nitrogens with zero attached hydrogens (tertiary/aromatic N) is 5. The molecule has 1 aromatic carbocycles. The SMILES string of the molecule is CCc1ccc(OCn2cc(NC(=O)CC34CC5CC(C3)CC(n3nc([N+](=O)[O-])c(Cl)c3C)(C5)C4)cn2)cc1. The lowest BCUT2D eigenvalue weighted by Crippen LogP contribution is -2.57. The minimum Gasteiger partial charge on any atom is -0.471 e. The Labute approximate surface area is 231 Å². The van der Waals surface area contributed by atoms with Crippen LogP contribution in [0.4, 0.5) is 11.5 Å². The Morgan fingerprint density at radius 3 is 2.59 bits per heavy atom. The van der Waals surface area contributed by atoms with Crippen molar-refractivity contribution in [1.29, 1.82) is 0 Å². The first-order valence-electron chi connectivity index (χ1n) is 13.6. The molecule has 2 heterocycles. The number of rotatable bonds is 9. The molecule has 0 saturated heterocycles. The van der Waals surface area contributed by atoms with Gasteiger partial charge in [-0.2, -0.15) is 9.78 Å². The largest absolute Gasteiger partial charge is 0.471 e. The minimum absolute atomic E-state index is 0.0380. The van der Waals surface area contributed by atoms with Crippen molar-refractivity contribution in [3.05, 3.63) is 63.1 Å². The number of hydrogen-bond acceptors (Lipinski definition) is 6. The zero-order chi connectivity index (χ0) is 27.4. The first-order chi connectivity index (χ1) is 18.7. The molecule has 4 aliphatic rings. The summed E-state index contributed by atoms with van der Waals surface area (Å²) < 4.78 is 9.30. The van der Waals surface area contributed by atoms with Gasteiger partial charge in [0.15, 0.2) is 11.8 Å². The Kier molecular flexibility index (Phi) is 6.40. The van der Waals surface area contributed by atoms with E-state index in [0.717, 1.165) is 50.7 Å². The van der Waals surface area contributed by atoms with Gasteiger partial charge < -0.3 is 20.2 Å². The van der Waals surface area contributed by atoms with Gasteiger partial charge in [0.25, 0.3) is 0 Å². The van der Waals surface area contributed by atoms with Gasteiger partial charge in [-0.3, -0.25) is 4.79 Å². The first kappa shape index (κ1) is 25.9. The van der Waals surface area contributed by atoms with E-state index in [2.05, 4.69) is 22.4 Å². The Hall–Kier alpha value is -3.40. The molecule has 39 heavy (non-hydrogen) atoms. The van der Waals surface area contributed by atoms with Crippen LogP contribution in [0, 0.1) is 34.3 Å². The number of halogens is 1. The fourth-order valence-electron chi connectivity index (χ4n) is 7.91. The van der Waals surface area contributed by atoms with Crippen molar-refractivity contribution in [3.63, 3.8) is 0 Å². The number of anilines is 1. The fraction of sp³-hybridized carbons (Fsp3) is 0.536. The molecule has 2 unspecified atom stereocenters. The number of nitro groups is 1. The van der Waals surface area contributed by atoms with Crippen molar-refractivity contribution in [3.8, 4) is 5.75 Å². The number of amides is 1. The van der Waals surface area contributed by atoms with E-state index in [9.17, 15) is 14.9 Å². The number of hydrogen-bond donors (Lipinski definition) is 1. The van der Waals surface area contributed by atoms with Crippen LogP contribution in [0.15, 0.2) is 36.7 Å². The molecule has 7 rings (SSSR count). The summed E-state index contributed by atoms with van der Waals surface area (Å²) in [6, 6.07) is 7.98. The molecule has 0 radical (unpaired) electrons. The quantitative estimate of drug-likeness (QED) is 0.262. The summed E-state index contributed by atoms with van der Waals surface area (Å²) in [7, 11) is 0. The zero-order valence-corrected chi connectivity index (χ0v) is 23.0. The van der Waals surface area contributed by atoms with Crippen LogP contribution in [-0.2, 0) is 23.5 Å². The van der Waals surface area contributed by atoms with Gasteiger partial charge in [-0.05, 0) is 91.7 Å². The molecule has 11 heteroatoms. The highest BCUT2D eigenvalue weighted by molar-refractivity contribution is 6.33. The Bertz CT molecular complexity index is 1400. The number of benzene rings is 1. The van der Waals surface area contributed by atoms with Gasteiger partial charge in [-0.1, -0.05) is 30.7 Å². The molecule has 4 bridgehead atoms. The fourth-order valence-corrected chi connectivity index (χ4v) is 8.10. The molecule has 4 saturated carbocycles. The van der Waals surface area contributed by atoms with Crippen LogP contribution in [0.3, 0.4) is 0 Å². The lowest BCUT2D eigenvalue weighted by molar-refractivity contribution is -0.389. The molecule has 1 amide bonds. The third-order valence-corrected chi connectivity index (χ3v) is 9.39. The summed E-state index contributed by atoms with van der Waals surface area (Å²) in [4.78, 5) is 24.3. The Morgan fingerprint density at radius 1 is 1.23 bits per heavy atom. The molecule has 4 aliphatic carbocycles. The predicted octanol–water partition coefficient (Wildman–Crippen LogP) is 5.87. The Balaban J connectivity index is 1.13. The van der Waals surface area contributed by atoms with Crippen molar-refractivity contribution in [2.24, 2.45) is 17.3 Å². The summed E-state index contributed by atoms with van der Waals surface area (Å²) in [5.41, 5.74) is 2.04. The average molecular weight is 553 g/mol. The van der Waals surface area contributed by atoms with Gasteiger partial charge in [-0.25, -0.2) is 4.68 Å². The average Bonchev–Trinajstić information content (AvgIpc) is 3.45. The van der Waals surface area contributed by atoms with Gasteiger partial charge in [-0.15, -0.1) is 0 Å². The molecule has 0 spiro atoms. The minimum atomic E-state index is -0.511. The predicted molar refractivity (Wildman–Crippen MR) is 146 cm³/mol. The standard InChI is InChI=1S/C28H33ClN6O4/c1-3-19-4-6-23(7-5-19)39-17-33-15-22(14-30-33)31-24(36)13-27-9-20-8-21(10-27)12-28(11-20,16-27)34-18(2)25(29)26(32-34)35(37)38/h4-7,14-15,20-21H,3,8-13,16-17H2,1-2H3,(H,31,36). The smallest absolute Gasteiger partial charge is 0.408 e. The number of carbonyl (C=O) groups is 1. The number of nitrogens with one attached hydrogen (secondary N) is 1. The highest BCUT2D eigenvalue weighted by Gasteiger charge is 2.60. The molecule has 1 N–H and O–H groups in total. The molecule has 206 valence electrons. The molecular weight excluding hydrogens is 520 g/mol. The normalized spacial score (nSPS) is 27.1. The molecular formula is C28H33ClN6O4. The van der Waals surface area contributed by atoms with E-state index >= 15 is 0 Å². The van der Waals surface area contributed by atoms with Gasteiger partial charge in [0, 0.05) is 6.42 Å². The first-order valence-corrected chi connectivity index (χ1v) is 14.0.